The van der Waals surface area contributed by atoms with Gasteiger partial charge in [0.15, 0.2) is 17.7 Å². The minimum atomic E-state index is -0.755. The number of rotatable bonds is 21. The summed E-state index contributed by atoms with van der Waals surface area (Å²) in [5, 5.41) is 8.84. The van der Waals surface area contributed by atoms with Gasteiger partial charge in [-0.2, -0.15) is 0 Å². The number of Topliss-reactive ketones (excluding diaryl/α,β-unsaturated/α-hetero) is 1. The highest BCUT2D eigenvalue weighted by molar-refractivity contribution is 5.98. The number of hydrogen-bond acceptors (Lipinski definition) is 7. The van der Waals surface area contributed by atoms with Crippen molar-refractivity contribution in [3.05, 3.63) is 60.2 Å². The number of carbonyl (C=O) groups excluding carboxylic acids is 3. The molecule has 0 radical (unpaired) electrons. The first-order valence-electron chi connectivity index (χ1n) is 15.0. The highest BCUT2D eigenvalue weighted by Gasteiger charge is 2.25. The first kappa shape index (κ1) is 35.7. The summed E-state index contributed by atoms with van der Waals surface area (Å²) >= 11 is 0. The maximum absolute atomic E-state index is 13.4. The van der Waals surface area contributed by atoms with Gasteiger partial charge in [-0.1, -0.05) is 54.6 Å². The molecular formula is C31H48N10O3. The van der Waals surface area contributed by atoms with Gasteiger partial charge in [-0.3, -0.25) is 29.7 Å². The molecule has 2 aromatic rings. The average Bonchev–Trinajstić information content (AvgIpc) is 3.01. The molecule has 0 unspecified atom stereocenters. The topological polar surface area (TPSA) is 242 Å². The van der Waals surface area contributed by atoms with E-state index in [1.165, 1.54) is 0 Å². The molecule has 0 heterocycles. The molecular weight excluding hydrogens is 560 g/mol. The van der Waals surface area contributed by atoms with Crippen molar-refractivity contribution < 1.29 is 14.4 Å². The Balaban J connectivity index is 2.04. The van der Waals surface area contributed by atoms with Gasteiger partial charge >= 0.3 is 0 Å². The lowest BCUT2D eigenvalue weighted by atomic mass is 10.0. The van der Waals surface area contributed by atoms with Crippen LogP contribution in [-0.2, 0) is 9.59 Å². The second-order valence-corrected chi connectivity index (χ2v) is 10.4. The fraction of sp³-hybridized carbons (Fsp3) is 0.452. The van der Waals surface area contributed by atoms with Crippen LogP contribution in [0.4, 0.5) is 0 Å². The number of hydrogen-bond donors (Lipinski definition) is 8. The number of guanidine groups is 2. The van der Waals surface area contributed by atoms with Crippen LogP contribution in [-0.4, -0.2) is 74.3 Å². The average molecular weight is 609 g/mol. The normalized spacial score (nSPS) is 12.0. The van der Waals surface area contributed by atoms with Crippen LogP contribution in [0.3, 0.4) is 0 Å². The number of carbonyl (C=O) groups is 3. The summed E-state index contributed by atoms with van der Waals surface area (Å²) < 4.78 is 0. The van der Waals surface area contributed by atoms with Gasteiger partial charge in [0.05, 0.1) is 12.6 Å². The Kier molecular flexibility index (Phi) is 16.6. The van der Waals surface area contributed by atoms with E-state index in [1.807, 2.05) is 42.5 Å². The smallest absolute Gasteiger partial charge is 0.242 e. The number of unbranched alkanes of at least 4 members (excludes halogenated alkanes) is 2. The molecule has 2 atom stereocenters. The molecule has 0 bridgehead atoms. The van der Waals surface area contributed by atoms with Gasteiger partial charge in [0, 0.05) is 25.2 Å². The monoisotopic (exact) mass is 608 g/mol. The molecule has 2 amide bonds. The third kappa shape index (κ3) is 14.1. The minimum Gasteiger partial charge on any atom is -0.370 e. The van der Waals surface area contributed by atoms with Crippen molar-refractivity contribution in [2.24, 2.45) is 38.7 Å². The fourth-order valence-corrected chi connectivity index (χ4v) is 4.44. The van der Waals surface area contributed by atoms with Crippen LogP contribution >= 0.6 is 0 Å². The number of benzene rings is 2. The van der Waals surface area contributed by atoms with Gasteiger partial charge < -0.3 is 39.3 Å². The van der Waals surface area contributed by atoms with Crippen molar-refractivity contribution in [3.8, 4) is 11.1 Å². The highest BCUT2D eigenvalue weighted by Crippen LogP contribution is 2.19. The Bertz CT molecular complexity index is 1210. The number of amides is 2. The number of nitrogens with one attached hydrogen (secondary N) is 3. The molecule has 240 valence electrons. The van der Waals surface area contributed by atoms with Crippen molar-refractivity contribution in [1.82, 2.24) is 16.0 Å². The first-order chi connectivity index (χ1) is 21.2. The summed E-state index contributed by atoms with van der Waals surface area (Å²) in [5.74, 6) is -0.845. The third-order valence-electron chi connectivity index (χ3n) is 6.84. The van der Waals surface area contributed by atoms with Crippen LogP contribution in [0.5, 0.6) is 0 Å². The Labute approximate surface area is 259 Å². The van der Waals surface area contributed by atoms with E-state index in [0.29, 0.717) is 70.3 Å². The lowest BCUT2D eigenvalue weighted by molar-refractivity contribution is -0.130. The zero-order chi connectivity index (χ0) is 32.2. The van der Waals surface area contributed by atoms with Crippen LogP contribution in [0, 0.1) is 0 Å². The zero-order valence-electron chi connectivity index (χ0n) is 25.3. The third-order valence-corrected chi connectivity index (χ3v) is 6.84. The predicted molar refractivity (Wildman–Crippen MR) is 176 cm³/mol. The zero-order valence-corrected chi connectivity index (χ0v) is 25.3. The quantitative estimate of drug-likeness (QED) is 0.0421. The van der Waals surface area contributed by atoms with Gasteiger partial charge in [0.1, 0.15) is 6.04 Å². The summed E-state index contributed by atoms with van der Waals surface area (Å²) in [6.07, 6.45) is 4.03. The van der Waals surface area contributed by atoms with Gasteiger partial charge in [0.2, 0.25) is 11.8 Å². The molecule has 0 aliphatic rings. The molecule has 0 aliphatic heterocycles. The van der Waals surface area contributed by atoms with Gasteiger partial charge in [0.25, 0.3) is 0 Å². The van der Waals surface area contributed by atoms with Crippen molar-refractivity contribution in [2.75, 3.05) is 32.7 Å². The van der Waals surface area contributed by atoms with Crippen LogP contribution < -0.4 is 44.6 Å². The molecule has 0 fully saturated rings. The van der Waals surface area contributed by atoms with Gasteiger partial charge in [-0.05, 0) is 62.6 Å². The number of ketones is 1. The van der Waals surface area contributed by atoms with E-state index in [4.69, 9.17) is 28.7 Å². The molecule has 0 aliphatic carbocycles. The second-order valence-electron chi connectivity index (χ2n) is 10.4. The fourth-order valence-electron chi connectivity index (χ4n) is 4.44. The van der Waals surface area contributed by atoms with Crippen molar-refractivity contribution in [1.29, 1.82) is 0 Å². The SMILES string of the molecule is NCCCC[C@H](NC(=O)[C@H](CCCN=C(N)N)NCC(=O)c1ccc(-c2ccccc2)cc1)C(=O)NCCCCN=C(N)N. The Morgan fingerprint density at radius 2 is 1.30 bits per heavy atom. The number of aliphatic imine (C=N–C) groups is 2. The molecule has 0 aromatic heterocycles. The van der Waals surface area contributed by atoms with Gasteiger partial charge in [-0.15, -0.1) is 0 Å². The van der Waals surface area contributed by atoms with E-state index in [9.17, 15) is 14.4 Å². The maximum atomic E-state index is 13.4. The predicted octanol–water partition coefficient (Wildman–Crippen LogP) is 0.332. The Morgan fingerprint density at radius 1 is 0.682 bits per heavy atom. The molecule has 2 rings (SSSR count). The van der Waals surface area contributed by atoms with Crippen molar-refractivity contribution in [2.45, 2.75) is 57.0 Å². The Morgan fingerprint density at radius 3 is 1.93 bits per heavy atom. The molecule has 0 saturated heterocycles. The van der Waals surface area contributed by atoms with E-state index in [-0.39, 0.29) is 36.1 Å². The number of nitrogens with zero attached hydrogens (tertiary/aromatic N) is 2. The lowest BCUT2D eigenvalue weighted by Gasteiger charge is -2.23. The van der Waals surface area contributed by atoms with Gasteiger partial charge in [-0.25, -0.2) is 0 Å². The summed E-state index contributed by atoms with van der Waals surface area (Å²) in [6.45, 7) is 1.63. The summed E-state index contributed by atoms with van der Waals surface area (Å²) in [5.41, 5.74) is 29.8. The minimum absolute atomic E-state index is 0.0286. The van der Waals surface area contributed by atoms with Crippen molar-refractivity contribution in [3.63, 3.8) is 0 Å². The van der Waals surface area contributed by atoms with Crippen molar-refractivity contribution >= 4 is 29.5 Å². The Hall–Kier alpha value is -4.49. The summed E-state index contributed by atoms with van der Waals surface area (Å²) in [7, 11) is 0. The molecule has 44 heavy (non-hydrogen) atoms. The summed E-state index contributed by atoms with van der Waals surface area (Å²) in [6, 6.07) is 15.7. The number of nitrogens with two attached hydrogens (primary N) is 5. The first-order valence-corrected chi connectivity index (χ1v) is 15.0. The summed E-state index contributed by atoms with van der Waals surface area (Å²) in [4.78, 5) is 47.4. The highest BCUT2D eigenvalue weighted by atomic mass is 16.2. The van der Waals surface area contributed by atoms with Crippen LogP contribution in [0.2, 0.25) is 0 Å². The van der Waals surface area contributed by atoms with E-state index in [0.717, 1.165) is 17.5 Å². The second kappa shape index (κ2) is 20.4. The maximum Gasteiger partial charge on any atom is 0.242 e. The van der Waals surface area contributed by atoms with E-state index >= 15 is 0 Å². The van der Waals surface area contributed by atoms with Crippen LogP contribution in [0.15, 0.2) is 64.6 Å². The van der Waals surface area contributed by atoms with Crippen LogP contribution in [0.25, 0.3) is 11.1 Å². The largest absolute Gasteiger partial charge is 0.370 e. The standard InChI is InChI=1S/C31H48N10O3/c32-17-5-4-11-26(28(43)37-18-6-7-19-38-30(33)34)41-29(44)25(12-8-20-39-31(35)36)40-21-27(42)24-15-13-23(14-16-24)22-9-2-1-3-10-22/h1-3,9-10,13-16,25-26,40H,4-8,11-12,17-21,32H2,(H,37,43)(H,41,44)(H4,33,34,38)(H4,35,36,39)/t25-,26-/m0/s1. The molecule has 13 heteroatoms. The van der Waals surface area contributed by atoms with E-state index in [1.54, 1.807) is 12.1 Å². The van der Waals surface area contributed by atoms with E-state index < -0.39 is 12.1 Å². The molecule has 0 spiro atoms. The van der Waals surface area contributed by atoms with E-state index in [2.05, 4.69) is 25.9 Å². The molecule has 13 nitrogen and oxygen atoms in total. The molecule has 13 N–H and O–H groups in total. The molecule has 0 saturated carbocycles. The lowest BCUT2D eigenvalue weighted by Crippen LogP contribution is -2.53. The van der Waals surface area contributed by atoms with Crippen LogP contribution in [0.1, 0.15) is 55.3 Å². The molecule has 2 aromatic carbocycles.